The Balaban J connectivity index is 2.65. The van der Waals surface area contributed by atoms with E-state index in [-0.39, 0.29) is 0 Å². The van der Waals surface area contributed by atoms with E-state index in [2.05, 4.69) is 15.3 Å². The van der Waals surface area contributed by atoms with Gasteiger partial charge in [-0.3, -0.25) is 4.98 Å². The van der Waals surface area contributed by atoms with E-state index in [1.165, 1.54) is 0 Å². The molecule has 13 heavy (non-hydrogen) atoms. The van der Waals surface area contributed by atoms with Crippen LogP contribution < -0.4 is 0 Å². The summed E-state index contributed by atoms with van der Waals surface area (Å²) >= 11 is 0. The summed E-state index contributed by atoms with van der Waals surface area (Å²) in [7, 11) is 0. The normalized spacial score (nSPS) is 11.1. The number of pyridine rings is 2. The van der Waals surface area contributed by atoms with Gasteiger partial charge in [0, 0.05) is 6.20 Å². The van der Waals surface area contributed by atoms with Crippen molar-refractivity contribution < 1.29 is 0 Å². The summed E-state index contributed by atoms with van der Waals surface area (Å²) in [6.45, 7) is 0. The van der Waals surface area contributed by atoms with Crippen LogP contribution in [0.4, 0.5) is 0 Å². The molecule has 0 aliphatic heterocycles. The van der Waals surface area contributed by atoms with Crippen LogP contribution in [-0.2, 0) is 0 Å². The molecule has 3 aromatic rings. The molecule has 0 N–H and O–H groups in total. The largest absolute Gasteiger partial charge is 0.255 e. The Hall–Kier alpha value is -1.97. The maximum absolute atomic E-state index is 4.22. The summed E-state index contributed by atoms with van der Waals surface area (Å²) in [5.74, 6) is 0. The summed E-state index contributed by atoms with van der Waals surface area (Å²) in [4.78, 5) is 4.22. The monoisotopic (exact) mass is 170 g/mol. The Labute approximate surface area is 73.8 Å². The second-order valence-electron chi connectivity index (χ2n) is 2.81. The van der Waals surface area contributed by atoms with Gasteiger partial charge >= 0.3 is 0 Å². The number of fused-ring (bicyclic) bond motifs is 3. The Morgan fingerprint density at radius 3 is 3.15 bits per heavy atom. The van der Waals surface area contributed by atoms with Crippen molar-refractivity contribution in [2.24, 2.45) is 0 Å². The van der Waals surface area contributed by atoms with Crippen molar-refractivity contribution in [2.75, 3.05) is 0 Å². The van der Waals surface area contributed by atoms with Crippen LogP contribution in [0.5, 0.6) is 0 Å². The third kappa shape index (κ3) is 0.823. The molecular formula is C9H6N4. The molecule has 62 valence electrons. The molecule has 0 radical (unpaired) electrons. The topological polar surface area (TPSA) is 43.1 Å². The first-order valence-corrected chi connectivity index (χ1v) is 3.99. The number of hydrogen-bond acceptors (Lipinski definition) is 3. The van der Waals surface area contributed by atoms with Crippen LogP contribution in [0.25, 0.3) is 16.6 Å². The Bertz CT molecular complexity index is 570. The van der Waals surface area contributed by atoms with Crippen LogP contribution in [-0.4, -0.2) is 19.8 Å². The molecule has 4 nitrogen and oxygen atoms in total. The van der Waals surface area contributed by atoms with E-state index in [9.17, 15) is 0 Å². The zero-order valence-electron chi connectivity index (χ0n) is 6.75. The third-order valence-electron chi connectivity index (χ3n) is 2.03. The van der Waals surface area contributed by atoms with E-state index in [1.54, 1.807) is 16.9 Å². The van der Waals surface area contributed by atoms with Gasteiger partial charge in [0.25, 0.3) is 0 Å². The van der Waals surface area contributed by atoms with Gasteiger partial charge in [0.05, 0.1) is 22.7 Å². The average molecular weight is 170 g/mol. The zero-order chi connectivity index (χ0) is 8.67. The average Bonchev–Trinajstić information content (AvgIpc) is 2.65. The van der Waals surface area contributed by atoms with Crippen LogP contribution in [0, 0.1) is 0 Å². The SMILES string of the molecule is c1cnc2ccc3cnnn3c2c1. The number of aromatic nitrogens is 4. The summed E-state index contributed by atoms with van der Waals surface area (Å²) in [6.07, 6.45) is 3.50. The van der Waals surface area contributed by atoms with E-state index >= 15 is 0 Å². The fraction of sp³-hybridized carbons (Fsp3) is 0. The summed E-state index contributed by atoms with van der Waals surface area (Å²) in [5.41, 5.74) is 2.90. The molecule has 0 fully saturated rings. The van der Waals surface area contributed by atoms with Crippen LogP contribution in [0.2, 0.25) is 0 Å². The summed E-state index contributed by atoms with van der Waals surface area (Å²) < 4.78 is 1.78. The van der Waals surface area contributed by atoms with Crippen molar-refractivity contribution >= 4 is 16.6 Å². The van der Waals surface area contributed by atoms with Gasteiger partial charge in [0.2, 0.25) is 0 Å². The van der Waals surface area contributed by atoms with Crippen molar-refractivity contribution in [3.63, 3.8) is 0 Å². The maximum Gasteiger partial charge on any atom is 0.0927 e. The molecule has 0 aliphatic carbocycles. The molecule has 0 spiro atoms. The summed E-state index contributed by atoms with van der Waals surface area (Å²) in [6, 6.07) is 7.79. The highest BCUT2D eigenvalue weighted by Gasteiger charge is 1.99. The van der Waals surface area contributed by atoms with Crippen LogP contribution in [0.15, 0.2) is 36.7 Å². The zero-order valence-corrected chi connectivity index (χ0v) is 6.75. The molecule has 3 aromatic heterocycles. The van der Waals surface area contributed by atoms with E-state index in [1.807, 2.05) is 24.3 Å². The van der Waals surface area contributed by atoms with Crippen molar-refractivity contribution in [1.82, 2.24) is 19.8 Å². The van der Waals surface area contributed by atoms with Crippen LogP contribution in [0.3, 0.4) is 0 Å². The lowest BCUT2D eigenvalue weighted by atomic mass is 10.3. The molecular weight excluding hydrogens is 164 g/mol. The van der Waals surface area contributed by atoms with Gasteiger partial charge in [0.1, 0.15) is 0 Å². The lowest BCUT2D eigenvalue weighted by Crippen LogP contribution is -1.90. The molecule has 0 aliphatic rings. The van der Waals surface area contributed by atoms with Crippen molar-refractivity contribution in [3.8, 4) is 0 Å². The second kappa shape index (κ2) is 2.26. The first-order valence-electron chi connectivity index (χ1n) is 3.99. The fourth-order valence-electron chi connectivity index (χ4n) is 1.42. The van der Waals surface area contributed by atoms with Gasteiger partial charge in [-0.15, -0.1) is 5.10 Å². The first-order chi connectivity index (χ1) is 6.45. The highest BCUT2D eigenvalue weighted by Crippen LogP contribution is 2.12. The molecule has 0 bridgehead atoms. The van der Waals surface area contributed by atoms with Crippen molar-refractivity contribution in [3.05, 3.63) is 36.7 Å². The minimum Gasteiger partial charge on any atom is -0.255 e. The Morgan fingerprint density at radius 1 is 1.15 bits per heavy atom. The van der Waals surface area contributed by atoms with E-state index in [0.717, 1.165) is 16.6 Å². The first kappa shape index (κ1) is 6.54. The predicted molar refractivity (Wildman–Crippen MR) is 48.3 cm³/mol. The van der Waals surface area contributed by atoms with Gasteiger partial charge in [-0.2, -0.15) is 0 Å². The van der Waals surface area contributed by atoms with Crippen molar-refractivity contribution in [2.45, 2.75) is 0 Å². The molecule has 0 amide bonds. The molecule has 0 saturated heterocycles. The third-order valence-corrected chi connectivity index (χ3v) is 2.03. The molecule has 3 rings (SSSR count). The minimum absolute atomic E-state index is 0.931. The molecule has 0 atom stereocenters. The van der Waals surface area contributed by atoms with Gasteiger partial charge in [-0.25, -0.2) is 4.52 Å². The molecule has 4 heteroatoms. The predicted octanol–water partition coefficient (Wildman–Crippen LogP) is 1.28. The van der Waals surface area contributed by atoms with Gasteiger partial charge in [-0.1, -0.05) is 5.21 Å². The van der Waals surface area contributed by atoms with E-state index in [0.29, 0.717) is 0 Å². The smallest absolute Gasteiger partial charge is 0.0927 e. The lowest BCUT2D eigenvalue weighted by Gasteiger charge is -1.97. The van der Waals surface area contributed by atoms with E-state index < -0.39 is 0 Å². The standard InChI is InChI=1S/C9H6N4/c1-2-9-8(10-5-1)4-3-7-6-11-12-13(7)9/h1-6H. The Kier molecular flexibility index (Phi) is 1.14. The van der Waals surface area contributed by atoms with Crippen LogP contribution in [0.1, 0.15) is 0 Å². The number of hydrogen-bond donors (Lipinski definition) is 0. The molecule has 3 heterocycles. The number of rotatable bonds is 0. The minimum atomic E-state index is 0.931. The van der Waals surface area contributed by atoms with Crippen molar-refractivity contribution in [1.29, 1.82) is 0 Å². The van der Waals surface area contributed by atoms with Gasteiger partial charge in [0.15, 0.2) is 0 Å². The summed E-state index contributed by atoms with van der Waals surface area (Å²) in [5, 5.41) is 7.81. The maximum atomic E-state index is 4.22. The molecule has 0 aromatic carbocycles. The highest BCUT2D eigenvalue weighted by atomic mass is 15.4. The Morgan fingerprint density at radius 2 is 2.15 bits per heavy atom. The quantitative estimate of drug-likeness (QED) is 0.510. The van der Waals surface area contributed by atoms with Gasteiger partial charge < -0.3 is 0 Å². The number of nitrogens with zero attached hydrogens (tertiary/aromatic N) is 4. The second-order valence-corrected chi connectivity index (χ2v) is 2.81. The van der Waals surface area contributed by atoms with Crippen LogP contribution >= 0.6 is 0 Å². The van der Waals surface area contributed by atoms with E-state index in [4.69, 9.17) is 0 Å². The molecule has 0 saturated carbocycles. The highest BCUT2D eigenvalue weighted by molar-refractivity contribution is 5.77. The fourth-order valence-corrected chi connectivity index (χ4v) is 1.42. The lowest BCUT2D eigenvalue weighted by molar-refractivity contribution is 0.881. The van der Waals surface area contributed by atoms with Gasteiger partial charge in [-0.05, 0) is 24.3 Å². The molecule has 0 unspecified atom stereocenters.